The zero-order valence-electron chi connectivity index (χ0n) is 34.2. The molecule has 2 aliphatic heterocycles. The van der Waals surface area contributed by atoms with E-state index >= 15 is 0 Å². The van der Waals surface area contributed by atoms with Crippen molar-refractivity contribution < 1.29 is 52.6 Å². The number of carbonyl (C=O) groups excluding carboxylic acids is 2. The molecule has 3 N–H and O–H groups in total. The van der Waals surface area contributed by atoms with Gasteiger partial charge in [-0.05, 0) is 54.8 Å². The van der Waals surface area contributed by atoms with Gasteiger partial charge in [0.2, 0.25) is 0 Å². The number of likely N-dealkylation sites (N-methyl/N-ethyl adjacent to an activating group) is 1. The van der Waals surface area contributed by atoms with Gasteiger partial charge in [0.05, 0.1) is 37.4 Å². The van der Waals surface area contributed by atoms with Crippen molar-refractivity contribution >= 4 is 18.3 Å². The summed E-state index contributed by atoms with van der Waals surface area (Å²) in [4.78, 5) is 44.1. The van der Waals surface area contributed by atoms with Crippen molar-refractivity contribution in [3.63, 3.8) is 0 Å². The van der Waals surface area contributed by atoms with Crippen LogP contribution in [0.2, 0.25) is 0 Å². The van der Waals surface area contributed by atoms with Crippen LogP contribution in [0, 0.1) is 0 Å². The lowest BCUT2D eigenvalue weighted by atomic mass is 9.81. The van der Waals surface area contributed by atoms with E-state index < -0.39 is 79.0 Å². The number of benzene rings is 3. The number of ether oxygens (including phenoxy) is 7. The van der Waals surface area contributed by atoms with E-state index in [0.717, 1.165) is 36.0 Å². The van der Waals surface area contributed by atoms with Crippen molar-refractivity contribution in [3.8, 4) is 0 Å². The molecule has 0 aromatic heterocycles. The smallest absolute Gasteiger partial charge is 0.407 e. The van der Waals surface area contributed by atoms with Crippen molar-refractivity contribution in [1.82, 2.24) is 15.5 Å². The Balaban J connectivity index is 1.26. The summed E-state index contributed by atoms with van der Waals surface area (Å²) in [6.07, 6.45) is -3.82. The van der Waals surface area contributed by atoms with E-state index in [2.05, 4.69) is 20.7 Å². The molecule has 3 amide bonds. The quantitative estimate of drug-likeness (QED) is 0.0792. The molecule has 2 aliphatic carbocycles. The summed E-state index contributed by atoms with van der Waals surface area (Å²) in [7, 11) is 0. The van der Waals surface area contributed by atoms with Crippen LogP contribution in [-0.4, -0.2) is 102 Å². The predicted molar refractivity (Wildman–Crippen MR) is 219 cm³/mol. The van der Waals surface area contributed by atoms with Gasteiger partial charge in [0.25, 0.3) is 0 Å². The predicted octanol–water partition coefficient (Wildman–Crippen LogP) is 7.19. The average molecular weight is 843 g/mol. The molecule has 7 rings (SSSR count). The molecule has 2 heterocycles. The minimum absolute atomic E-state index is 0.00186. The normalized spacial score (nSPS) is 27.8. The minimum Gasteiger partial charge on any atom is -0.465 e. The molecule has 17 nitrogen and oxygen atoms in total. The largest absolute Gasteiger partial charge is 0.465 e. The standard InChI is InChI=1S/C44H54N6O11/c1-2-50(43(53)54)25-32-21-22-33(48-49-45)40(58-32)59-37-34(46-41(51)56-27-30-17-9-4-10-18-30)36(55-26-29-15-7-3-8-16-29)35(47-42(52)57-28-31-19-11-5-12-20-31)38-39(37)61-44(60-38)23-13-6-14-24-44/h3-5,7-12,15-20,32-40H,2,6,13-14,21-28H2,1H3,(H,46,51)(H,47,52)(H,53,54)/t32-,33+,34-,35+,36-,37+,38-,39-,40+/m0/s1. The maximum absolute atomic E-state index is 14.0. The number of carboxylic acid groups (broad SMARTS) is 1. The van der Waals surface area contributed by atoms with Crippen molar-refractivity contribution in [1.29, 1.82) is 0 Å². The van der Waals surface area contributed by atoms with Crippen molar-refractivity contribution in [2.75, 3.05) is 13.1 Å². The van der Waals surface area contributed by atoms with Gasteiger partial charge in [-0.1, -0.05) is 103 Å². The number of hydrogen-bond acceptors (Lipinski definition) is 11. The van der Waals surface area contributed by atoms with E-state index in [1.165, 1.54) is 4.90 Å². The van der Waals surface area contributed by atoms with Gasteiger partial charge in [0.1, 0.15) is 37.6 Å². The van der Waals surface area contributed by atoms with E-state index in [0.29, 0.717) is 25.7 Å². The molecule has 4 aliphatic rings. The third-order valence-corrected chi connectivity index (χ3v) is 11.7. The summed E-state index contributed by atoms with van der Waals surface area (Å²) in [6.45, 7) is 2.07. The van der Waals surface area contributed by atoms with E-state index in [1.807, 2.05) is 91.0 Å². The summed E-state index contributed by atoms with van der Waals surface area (Å²) in [5, 5.41) is 19.9. The molecule has 3 aromatic carbocycles. The molecule has 326 valence electrons. The molecular formula is C44H54N6O11. The number of alkyl carbamates (subject to hydrolysis) is 2. The van der Waals surface area contributed by atoms with Gasteiger partial charge in [-0.3, -0.25) is 0 Å². The Hall–Kier alpha value is -5.42. The Morgan fingerprint density at radius 3 is 1.90 bits per heavy atom. The fourth-order valence-corrected chi connectivity index (χ4v) is 8.60. The maximum atomic E-state index is 14.0. The van der Waals surface area contributed by atoms with Crippen LogP contribution >= 0.6 is 0 Å². The van der Waals surface area contributed by atoms with Gasteiger partial charge in [-0.25, -0.2) is 14.4 Å². The van der Waals surface area contributed by atoms with E-state index in [-0.39, 0.29) is 32.9 Å². The van der Waals surface area contributed by atoms with Crippen LogP contribution < -0.4 is 10.6 Å². The molecule has 3 aromatic rings. The second-order valence-electron chi connectivity index (χ2n) is 15.8. The van der Waals surface area contributed by atoms with Gasteiger partial charge in [-0.2, -0.15) is 0 Å². The molecule has 9 atom stereocenters. The summed E-state index contributed by atoms with van der Waals surface area (Å²) < 4.78 is 45.5. The number of nitrogens with zero attached hydrogens (tertiary/aromatic N) is 4. The van der Waals surface area contributed by atoms with Crippen LogP contribution in [-0.2, 0) is 53.0 Å². The Bertz CT molecular complexity index is 1940. The minimum atomic E-state index is -1.20. The second kappa shape index (κ2) is 20.9. The molecule has 0 radical (unpaired) electrons. The molecule has 4 fully saturated rings. The van der Waals surface area contributed by atoms with Gasteiger partial charge < -0.3 is 53.8 Å². The first kappa shape index (κ1) is 43.7. The lowest BCUT2D eigenvalue weighted by molar-refractivity contribution is -0.263. The van der Waals surface area contributed by atoms with Gasteiger partial charge >= 0.3 is 18.3 Å². The lowest BCUT2D eigenvalue weighted by Gasteiger charge is -2.48. The van der Waals surface area contributed by atoms with Crippen molar-refractivity contribution in [2.24, 2.45) is 5.11 Å². The first-order valence-electron chi connectivity index (χ1n) is 21.0. The van der Waals surface area contributed by atoms with Crippen LogP contribution in [0.25, 0.3) is 10.4 Å². The lowest BCUT2D eigenvalue weighted by Crippen LogP contribution is -2.73. The Morgan fingerprint density at radius 1 is 0.787 bits per heavy atom. The fourth-order valence-electron chi connectivity index (χ4n) is 8.60. The number of nitrogens with one attached hydrogen (secondary N) is 2. The van der Waals surface area contributed by atoms with Gasteiger partial charge in [0.15, 0.2) is 12.1 Å². The monoisotopic (exact) mass is 842 g/mol. The topological polar surface area (TPSA) is 212 Å². The zero-order chi connectivity index (χ0) is 42.6. The number of carbonyl (C=O) groups is 3. The third kappa shape index (κ3) is 11.3. The summed E-state index contributed by atoms with van der Waals surface area (Å²) in [5.41, 5.74) is 12.0. The zero-order valence-corrected chi connectivity index (χ0v) is 34.2. The number of rotatable bonds is 15. The number of fused-ring (bicyclic) bond motifs is 1. The van der Waals surface area contributed by atoms with Crippen LogP contribution in [0.1, 0.15) is 68.6 Å². The van der Waals surface area contributed by atoms with Crippen LogP contribution in [0.3, 0.4) is 0 Å². The highest BCUT2D eigenvalue weighted by molar-refractivity contribution is 5.69. The molecular weight excluding hydrogens is 789 g/mol. The highest BCUT2D eigenvalue weighted by Gasteiger charge is 2.63. The molecule has 1 spiro atoms. The van der Waals surface area contributed by atoms with Crippen molar-refractivity contribution in [3.05, 3.63) is 118 Å². The molecule has 17 heteroatoms. The Kier molecular flexibility index (Phi) is 15.0. The Morgan fingerprint density at radius 2 is 1.34 bits per heavy atom. The number of amides is 3. The molecule has 2 saturated carbocycles. The van der Waals surface area contributed by atoms with Crippen LogP contribution in [0.15, 0.2) is 96.1 Å². The SMILES string of the molecule is CCN(C[C@@H]1CC[C@@H](N=[N+]=[N-])[C@@H](O[C@@H]2[C@@H](NC(=O)OCc3ccccc3)[C@H](OCc3ccccc3)[C@@H](NC(=O)OCc3ccccc3)[C@@H]3OC4(CCCCC4)O[C@@H]23)O1)C(=O)O. The van der Waals surface area contributed by atoms with E-state index in [9.17, 15) is 25.0 Å². The third-order valence-electron chi connectivity index (χ3n) is 11.7. The van der Waals surface area contributed by atoms with E-state index in [1.54, 1.807) is 6.92 Å². The molecule has 61 heavy (non-hydrogen) atoms. The molecule has 0 bridgehead atoms. The summed E-state index contributed by atoms with van der Waals surface area (Å²) in [5.74, 6) is -1.03. The van der Waals surface area contributed by atoms with Crippen molar-refractivity contribution in [2.45, 2.75) is 132 Å². The Labute approximate surface area is 354 Å². The number of azide groups is 1. The average Bonchev–Trinajstić information content (AvgIpc) is 3.65. The molecule has 2 saturated heterocycles. The second-order valence-corrected chi connectivity index (χ2v) is 15.8. The van der Waals surface area contributed by atoms with Gasteiger partial charge in [-0.15, -0.1) is 0 Å². The first-order chi connectivity index (χ1) is 29.7. The highest BCUT2D eigenvalue weighted by atomic mass is 16.8. The number of hydrogen-bond donors (Lipinski definition) is 3. The van der Waals surface area contributed by atoms with Crippen LogP contribution in [0.4, 0.5) is 14.4 Å². The first-order valence-corrected chi connectivity index (χ1v) is 21.0. The van der Waals surface area contributed by atoms with Gasteiger partial charge in [0, 0.05) is 24.3 Å². The van der Waals surface area contributed by atoms with Crippen LogP contribution in [0.5, 0.6) is 0 Å². The summed E-state index contributed by atoms with van der Waals surface area (Å²) in [6, 6.07) is 25.1. The maximum Gasteiger partial charge on any atom is 0.407 e. The highest BCUT2D eigenvalue weighted by Crippen LogP contribution is 2.47. The summed E-state index contributed by atoms with van der Waals surface area (Å²) >= 11 is 0. The van der Waals surface area contributed by atoms with E-state index in [4.69, 9.17) is 33.2 Å². The molecule has 0 unspecified atom stereocenters. The fraction of sp³-hybridized carbons (Fsp3) is 0.523.